The van der Waals surface area contributed by atoms with E-state index < -0.39 is 23.9 Å². The molecule has 0 aliphatic carbocycles. The molecule has 0 bridgehead atoms. The highest BCUT2D eigenvalue weighted by Gasteiger charge is 2.27. The summed E-state index contributed by atoms with van der Waals surface area (Å²) >= 11 is 0. The van der Waals surface area contributed by atoms with Crippen LogP contribution in [-0.4, -0.2) is 24.6 Å². The molecule has 2 rings (SSSR count). The highest BCUT2D eigenvalue weighted by atomic mass is 19.1. The first kappa shape index (κ1) is 12.3. The molecule has 1 aliphatic heterocycles. The van der Waals surface area contributed by atoms with E-state index in [4.69, 9.17) is 9.47 Å². The number of ether oxygens (including phenoxy) is 2. The zero-order valence-electron chi connectivity index (χ0n) is 9.68. The highest BCUT2D eigenvalue weighted by Crippen LogP contribution is 2.24. The summed E-state index contributed by atoms with van der Waals surface area (Å²) in [4.78, 5) is 22.2. The molecule has 5 heteroatoms. The SMILES string of the molecule is CC(=O)OCC1C=C(c2cccc(F)c2)C(=O)O1. The van der Waals surface area contributed by atoms with Crippen molar-refractivity contribution in [1.29, 1.82) is 0 Å². The van der Waals surface area contributed by atoms with E-state index in [0.29, 0.717) is 5.56 Å². The second kappa shape index (κ2) is 5.00. The molecule has 0 fully saturated rings. The topological polar surface area (TPSA) is 52.6 Å². The van der Waals surface area contributed by atoms with Gasteiger partial charge < -0.3 is 9.47 Å². The highest BCUT2D eigenvalue weighted by molar-refractivity contribution is 6.18. The summed E-state index contributed by atoms with van der Waals surface area (Å²) in [6.45, 7) is 1.24. The summed E-state index contributed by atoms with van der Waals surface area (Å²) < 4.78 is 22.8. The summed E-state index contributed by atoms with van der Waals surface area (Å²) in [6.07, 6.45) is 0.916. The van der Waals surface area contributed by atoms with Crippen molar-refractivity contribution in [2.45, 2.75) is 13.0 Å². The van der Waals surface area contributed by atoms with Gasteiger partial charge in [0.2, 0.25) is 0 Å². The Morgan fingerprint density at radius 2 is 2.28 bits per heavy atom. The molecule has 1 aromatic carbocycles. The predicted octanol–water partition coefficient (Wildman–Crippen LogP) is 1.70. The van der Waals surface area contributed by atoms with Crippen molar-refractivity contribution >= 4 is 17.5 Å². The normalized spacial score (nSPS) is 18.2. The number of carbonyl (C=O) groups excluding carboxylic acids is 2. The van der Waals surface area contributed by atoms with Gasteiger partial charge in [-0.2, -0.15) is 0 Å². The first-order valence-electron chi connectivity index (χ1n) is 5.38. The van der Waals surface area contributed by atoms with Crippen LogP contribution in [0.15, 0.2) is 30.3 Å². The van der Waals surface area contributed by atoms with Crippen LogP contribution < -0.4 is 0 Å². The summed E-state index contributed by atoms with van der Waals surface area (Å²) in [7, 11) is 0. The maximum atomic E-state index is 13.1. The minimum Gasteiger partial charge on any atom is -0.462 e. The number of benzene rings is 1. The number of esters is 2. The van der Waals surface area contributed by atoms with Crippen LogP contribution in [-0.2, 0) is 19.1 Å². The molecule has 4 nitrogen and oxygen atoms in total. The zero-order valence-corrected chi connectivity index (χ0v) is 9.68. The lowest BCUT2D eigenvalue weighted by molar-refractivity contribution is -0.149. The predicted molar refractivity (Wildman–Crippen MR) is 60.9 cm³/mol. The average Bonchev–Trinajstić information content (AvgIpc) is 2.68. The van der Waals surface area contributed by atoms with E-state index in [1.165, 1.54) is 31.2 Å². The van der Waals surface area contributed by atoms with Crippen LogP contribution in [0.2, 0.25) is 0 Å². The van der Waals surface area contributed by atoms with Crippen molar-refractivity contribution < 1.29 is 23.5 Å². The van der Waals surface area contributed by atoms with E-state index in [1.54, 1.807) is 6.07 Å². The third-order valence-corrected chi connectivity index (χ3v) is 2.42. The van der Waals surface area contributed by atoms with Gasteiger partial charge in [0.1, 0.15) is 12.4 Å². The Morgan fingerprint density at radius 3 is 2.94 bits per heavy atom. The number of halogens is 1. The molecular formula is C13H11FO4. The molecule has 0 N–H and O–H groups in total. The molecule has 0 aromatic heterocycles. The minimum atomic E-state index is -0.611. The van der Waals surface area contributed by atoms with Crippen molar-refractivity contribution in [3.63, 3.8) is 0 Å². The third kappa shape index (κ3) is 2.74. The molecule has 1 unspecified atom stereocenters. The Labute approximate surface area is 103 Å². The molecule has 0 radical (unpaired) electrons. The lowest BCUT2D eigenvalue weighted by Crippen LogP contribution is -2.17. The van der Waals surface area contributed by atoms with Crippen LogP contribution in [0.3, 0.4) is 0 Å². The summed E-state index contributed by atoms with van der Waals surface area (Å²) in [5, 5.41) is 0. The van der Waals surface area contributed by atoms with E-state index in [1.807, 2.05) is 0 Å². The average molecular weight is 250 g/mol. The van der Waals surface area contributed by atoms with Gasteiger partial charge in [-0.05, 0) is 23.8 Å². The van der Waals surface area contributed by atoms with Crippen molar-refractivity contribution in [3.8, 4) is 0 Å². The van der Waals surface area contributed by atoms with E-state index in [0.717, 1.165) is 0 Å². The Kier molecular flexibility index (Phi) is 3.41. The van der Waals surface area contributed by atoms with Gasteiger partial charge in [-0.15, -0.1) is 0 Å². The Balaban J connectivity index is 2.15. The van der Waals surface area contributed by atoms with Gasteiger partial charge in [0.15, 0.2) is 6.10 Å². The summed E-state index contributed by atoms with van der Waals surface area (Å²) in [6, 6.07) is 5.67. The third-order valence-electron chi connectivity index (χ3n) is 2.42. The van der Waals surface area contributed by atoms with Gasteiger partial charge in [-0.1, -0.05) is 12.1 Å². The number of carbonyl (C=O) groups is 2. The number of rotatable bonds is 3. The van der Waals surface area contributed by atoms with Crippen molar-refractivity contribution in [2.75, 3.05) is 6.61 Å². The fourth-order valence-corrected chi connectivity index (χ4v) is 1.64. The standard InChI is InChI=1S/C13H11FO4/c1-8(15)17-7-11-6-12(13(16)18-11)9-3-2-4-10(14)5-9/h2-6,11H,7H2,1H3. The molecule has 1 heterocycles. The van der Waals surface area contributed by atoms with Crippen LogP contribution in [0.4, 0.5) is 4.39 Å². The van der Waals surface area contributed by atoms with Crippen molar-refractivity contribution in [2.24, 2.45) is 0 Å². The second-order valence-electron chi connectivity index (χ2n) is 3.84. The lowest BCUT2D eigenvalue weighted by atomic mass is 10.1. The molecule has 1 atom stereocenters. The summed E-state index contributed by atoms with van der Waals surface area (Å²) in [5.74, 6) is -1.42. The van der Waals surface area contributed by atoms with Crippen LogP contribution in [0, 0.1) is 5.82 Å². The lowest BCUT2D eigenvalue weighted by Gasteiger charge is -2.06. The Morgan fingerprint density at radius 1 is 1.50 bits per heavy atom. The van der Waals surface area contributed by atoms with Crippen LogP contribution in [0.5, 0.6) is 0 Å². The molecule has 0 saturated heterocycles. The number of hydrogen-bond donors (Lipinski definition) is 0. The molecule has 0 spiro atoms. The summed E-state index contributed by atoms with van der Waals surface area (Å²) in [5.41, 5.74) is 0.733. The molecule has 18 heavy (non-hydrogen) atoms. The van der Waals surface area contributed by atoms with E-state index in [-0.39, 0.29) is 12.2 Å². The second-order valence-corrected chi connectivity index (χ2v) is 3.84. The zero-order chi connectivity index (χ0) is 13.1. The molecule has 1 aliphatic rings. The first-order chi connectivity index (χ1) is 8.56. The van der Waals surface area contributed by atoms with Gasteiger partial charge in [0.05, 0.1) is 5.57 Å². The Bertz CT molecular complexity index is 521. The maximum absolute atomic E-state index is 13.1. The fraction of sp³-hybridized carbons (Fsp3) is 0.231. The maximum Gasteiger partial charge on any atom is 0.339 e. The fourth-order valence-electron chi connectivity index (χ4n) is 1.64. The molecule has 94 valence electrons. The van der Waals surface area contributed by atoms with E-state index in [2.05, 4.69) is 0 Å². The number of hydrogen-bond acceptors (Lipinski definition) is 4. The van der Waals surface area contributed by atoms with Gasteiger partial charge in [-0.25, -0.2) is 9.18 Å². The minimum absolute atomic E-state index is 0.0279. The van der Waals surface area contributed by atoms with Crippen LogP contribution >= 0.6 is 0 Å². The van der Waals surface area contributed by atoms with E-state index in [9.17, 15) is 14.0 Å². The quantitative estimate of drug-likeness (QED) is 0.766. The monoisotopic (exact) mass is 250 g/mol. The van der Waals surface area contributed by atoms with Gasteiger partial charge >= 0.3 is 11.9 Å². The van der Waals surface area contributed by atoms with E-state index >= 15 is 0 Å². The Hall–Kier alpha value is -2.17. The van der Waals surface area contributed by atoms with Crippen LogP contribution in [0.1, 0.15) is 12.5 Å². The van der Waals surface area contributed by atoms with Crippen molar-refractivity contribution in [1.82, 2.24) is 0 Å². The smallest absolute Gasteiger partial charge is 0.339 e. The largest absolute Gasteiger partial charge is 0.462 e. The van der Waals surface area contributed by atoms with Crippen molar-refractivity contribution in [3.05, 3.63) is 41.7 Å². The first-order valence-corrected chi connectivity index (χ1v) is 5.38. The molecule has 1 aromatic rings. The number of cyclic esters (lactones) is 1. The van der Waals surface area contributed by atoms with Crippen LogP contribution in [0.25, 0.3) is 5.57 Å². The molecule has 0 saturated carbocycles. The van der Waals surface area contributed by atoms with Gasteiger partial charge in [-0.3, -0.25) is 4.79 Å². The van der Waals surface area contributed by atoms with Gasteiger partial charge in [0.25, 0.3) is 0 Å². The molecule has 0 amide bonds. The van der Waals surface area contributed by atoms with Gasteiger partial charge in [0, 0.05) is 6.92 Å². The molecular weight excluding hydrogens is 239 g/mol.